The Hall–Kier alpha value is -0.720. The molecule has 0 radical (unpaired) electrons. The standard InChI is InChI=1S/C11H14BrFN2OS.C2H6/c1-7-2-3-9(12)8(10(7)13)6-15-11(17)14-4-5-16;1-2/h2-3,16H,4-6H2,1H3,(H2,14,15,17);1-2H3. The molecule has 108 valence electrons. The fourth-order valence-corrected chi connectivity index (χ4v) is 1.90. The molecule has 0 spiro atoms. The summed E-state index contributed by atoms with van der Waals surface area (Å²) in [5.74, 6) is -0.239. The number of benzene rings is 1. The van der Waals surface area contributed by atoms with Crippen molar-refractivity contribution in [1.29, 1.82) is 0 Å². The predicted molar refractivity (Wildman–Crippen MR) is 84.7 cm³/mol. The molecule has 0 bridgehead atoms. The first kappa shape index (κ1) is 18.3. The molecule has 0 saturated heterocycles. The zero-order chi connectivity index (χ0) is 14.8. The summed E-state index contributed by atoms with van der Waals surface area (Å²) in [6.45, 7) is 6.40. The van der Waals surface area contributed by atoms with Gasteiger partial charge in [-0.2, -0.15) is 0 Å². The van der Waals surface area contributed by atoms with Crippen molar-refractivity contribution in [3.05, 3.63) is 33.5 Å². The van der Waals surface area contributed by atoms with Gasteiger partial charge in [0, 0.05) is 23.1 Å². The van der Waals surface area contributed by atoms with E-state index in [0.29, 0.717) is 33.8 Å². The van der Waals surface area contributed by atoms with Gasteiger partial charge in [0.1, 0.15) is 5.82 Å². The maximum Gasteiger partial charge on any atom is 0.166 e. The van der Waals surface area contributed by atoms with E-state index in [9.17, 15) is 4.39 Å². The molecular formula is C13H20BrFN2OS. The Kier molecular flexibility index (Phi) is 9.73. The molecule has 0 aliphatic heterocycles. The van der Waals surface area contributed by atoms with Gasteiger partial charge in [0.25, 0.3) is 0 Å². The van der Waals surface area contributed by atoms with Crippen LogP contribution in [-0.4, -0.2) is 23.4 Å². The predicted octanol–water partition coefficient (Wildman–Crippen LogP) is 2.88. The SMILES string of the molecule is CC.Cc1ccc(Br)c(CNC(=S)NCCO)c1F. The number of hydrogen-bond donors (Lipinski definition) is 3. The van der Waals surface area contributed by atoms with Crippen LogP contribution in [0, 0.1) is 12.7 Å². The van der Waals surface area contributed by atoms with Crippen molar-refractivity contribution in [3.63, 3.8) is 0 Å². The molecular weight excluding hydrogens is 331 g/mol. The average Bonchev–Trinajstić information content (AvgIpc) is 2.43. The lowest BCUT2D eigenvalue weighted by molar-refractivity contribution is 0.300. The van der Waals surface area contributed by atoms with Gasteiger partial charge in [-0.1, -0.05) is 35.8 Å². The van der Waals surface area contributed by atoms with Crippen LogP contribution < -0.4 is 10.6 Å². The molecule has 0 fully saturated rings. The Labute approximate surface area is 127 Å². The van der Waals surface area contributed by atoms with Gasteiger partial charge < -0.3 is 15.7 Å². The number of aliphatic hydroxyl groups is 1. The average molecular weight is 351 g/mol. The first-order valence-electron chi connectivity index (χ1n) is 6.12. The molecule has 1 aromatic carbocycles. The second-order valence-electron chi connectivity index (χ2n) is 3.49. The number of nitrogens with one attached hydrogen (secondary N) is 2. The molecule has 6 heteroatoms. The lowest BCUT2D eigenvalue weighted by atomic mass is 10.1. The summed E-state index contributed by atoms with van der Waals surface area (Å²) in [7, 11) is 0. The van der Waals surface area contributed by atoms with Crippen LogP contribution in [-0.2, 0) is 6.54 Å². The van der Waals surface area contributed by atoms with Crippen LogP contribution in [0.3, 0.4) is 0 Å². The highest BCUT2D eigenvalue weighted by molar-refractivity contribution is 9.10. The van der Waals surface area contributed by atoms with Crippen LogP contribution in [0.4, 0.5) is 4.39 Å². The van der Waals surface area contributed by atoms with Crippen LogP contribution in [0.25, 0.3) is 0 Å². The van der Waals surface area contributed by atoms with Crippen LogP contribution in [0.1, 0.15) is 25.0 Å². The van der Waals surface area contributed by atoms with E-state index in [1.165, 1.54) is 0 Å². The fourth-order valence-electron chi connectivity index (χ4n) is 1.28. The minimum absolute atomic E-state index is 0.00429. The number of aliphatic hydroxyl groups excluding tert-OH is 1. The third kappa shape index (κ3) is 6.31. The smallest absolute Gasteiger partial charge is 0.166 e. The Balaban J connectivity index is 0.00000154. The van der Waals surface area contributed by atoms with Crippen molar-refractivity contribution in [2.45, 2.75) is 27.3 Å². The lowest BCUT2D eigenvalue weighted by Gasteiger charge is -2.12. The van der Waals surface area contributed by atoms with E-state index < -0.39 is 0 Å². The van der Waals surface area contributed by atoms with Gasteiger partial charge in [0.2, 0.25) is 0 Å². The van der Waals surface area contributed by atoms with E-state index >= 15 is 0 Å². The molecule has 19 heavy (non-hydrogen) atoms. The third-order valence-corrected chi connectivity index (χ3v) is 3.23. The van der Waals surface area contributed by atoms with Crippen LogP contribution in [0.15, 0.2) is 16.6 Å². The van der Waals surface area contributed by atoms with Crippen molar-refractivity contribution < 1.29 is 9.50 Å². The molecule has 0 unspecified atom stereocenters. The number of halogens is 2. The molecule has 0 saturated carbocycles. The Morgan fingerprint density at radius 3 is 2.58 bits per heavy atom. The zero-order valence-electron chi connectivity index (χ0n) is 11.4. The number of hydrogen-bond acceptors (Lipinski definition) is 2. The number of aryl methyl sites for hydroxylation is 1. The molecule has 1 aromatic rings. The van der Waals surface area contributed by atoms with Crippen LogP contribution in [0.5, 0.6) is 0 Å². The molecule has 0 aromatic heterocycles. The molecule has 0 aliphatic carbocycles. The van der Waals surface area contributed by atoms with E-state index in [1.807, 2.05) is 13.8 Å². The molecule has 3 N–H and O–H groups in total. The van der Waals surface area contributed by atoms with E-state index in [4.69, 9.17) is 17.3 Å². The second kappa shape index (κ2) is 10.1. The maximum atomic E-state index is 13.8. The highest BCUT2D eigenvalue weighted by Gasteiger charge is 2.09. The summed E-state index contributed by atoms with van der Waals surface area (Å²) in [5.41, 5.74) is 1.14. The van der Waals surface area contributed by atoms with Gasteiger partial charge >= 0.3 is 0 Å². The molecule has 0 heterocycles. The lowest BCUT2D eigenvalue weighted by Crippen LogP contribution is -2.36. The minimum atomic E-state index is -0.239. The normalized spacial score (nSPS) is 9.37. The largest absolute Gasteiger partial charge is 0.395 e. The summed E-state index contributed by atoms with van der Waals surface area (Å²) in [6.07, 6.45) is 0. The Bertz CT molecular complexity index is 416. The van der Waals surface area contributed by atoms with E-state index in [0.717, 1.165) is 0 Å². The van der Waals surface area contributed by atoms with E-state index in [1.54, 1.807) is 19.1 Å². The topological polar surface area (TPSA) is 44.3 Å². The molecule has 0 atom stereocenters. The van der Waals surface area contributed by atoms with Crippen molar-refractivity contribution in [3.8, 4) is 0 Å². The second-order valence-corrected chi connectivity index (χ2v) is 4.75. The molecule has 0 amide bonds. The minimum Gasteiger partial charge on any atom is -0.395 e. The molecule has 1 rings (SSSR count). The van der Waals surface area contributed by atoms with Crippen molar-refractivity contribution in [2.75, 3.05) is 13.2 Å². The highest BCUT2D eigenvalue weighted by atomic mass is 79.9. The summed E-state index contributed by atoms with van der Waals surface area (Å²) < 4.78 is 14.5. The van der Waals surface area contributed by atoms with E-state index in [-0.39, 0.29) is 12.4 Å². The summed E-state index contributed by atoms with van der Waals surface area (Å²) in [5, 5.41) is 14.7. The van der Waals surface area contributed by atoms with Crippen LogP contribution >= 0.6 is 28.1 Å². The van der Waals surface area contributed by atoms with Crippen molar-refractivity contribution in [2.24, 2.45) is 0 Å². The summed E-state index contributed by atoms with van der Waals surface area (Å²) in [6, 6.07) is 3.52. The third-order valence-electron chi connectivity index (χ3n) is 2.20. The molecule has 0 aliphatic rings. The highest BCUT2D eigenvalue weighted by Crippen LogP contribution is 2.22. The monoisotopic (exact) mass is 350 g/mol. The first-order chi connectivity index (χ1) is 9.06. The summed E-state index contributed by atoms with van der Waals surface area (Å²) >= 11 is 8.27. The van der Waals surface area contributed by atoms with Crippen molar-refractivity contribution in [1.82, 2.24) is 10.6 Å². The first-order valence-corrected chi connectivity index (χ1v) is 7.32. The van der Waals surface area contributed by atoms with Gasteiger partial charge in [-0.25, -0.2) is 4.39 Å². The van der Waals surface area contributed by atoms with Gasteiger partial charge in [0.05, 0.1) is 6.61 Å². The quantitative estimate of drug-likeness (QED) is 0.730. The van der Waals surface area contributed by atoms with Gasteiger partial charge in [0.15, 0.2) is 5.11 Å². The number of thiocarbonyl (C=S) groups is 1. The van der Waals surface area contributed by atoms with Gasteiger partial charge in [-0.15, -0.1) is 0 Å². The van der Waals surface area contributed by atoms with Gasteiger partial charge in [-0.3, -0.25) is 0 Å². The van der Waals surface area contributed by atoms with Crippen LogP contribution in [0.2, 0.25) is 0 Å². The Morgan fingerprint density at radius 1 is 1.37 bits per heavy atom. The Morgan fingerprint density at radius 2 is 2.00 bits per heavy atom. The fraction of sp³-hybridized carbons (Fsp3) is 0.462. The molecule has 3 nitrogen and oxygen atoms in total. The number of rotatable bonds is 4. The van der Waals surface area contributed by atoms with Crippen molar-refractivity contribution >= 4 is 33.3 Å². The summed E-state index contributed by atoms with van der Waals surface area (Å²) in [4.78, 5) is 0. The van der Waals surface area contributed by atoms with Gasteiger partial charge in [-0.05, 0) is 30.8 Å². The van der Waals surface area contributed by atoms with E-state index in [2.05, 4.69) is 26.6 Å². The maximum absolute atomic E-state index is 13.8. The zero-order valence-corrected chi connectivity index (χ0v) is 13.8.